The van der Waals surface area contributed by atoms with Crippen molar-refractivity contribution in [3.8, 4) is 0 Å². The third kappa shape index (κ3) is 2.48. The van der Waals surface area contributed by atoms with Gasteiger partial charge in [0.25, 0.3) is 0 Å². The van der Waals surface area contributed by atoms with Gasteiger partial charge >= 0.3 is 0 Å². The van der Waals surface area contributed by atoms with E-state index < -0.39 is 0 Å². The summed E-state index contributed by atoms with van der Waals surface area (Å²) in [5.74, 6) is 0.343. The van der Waals surface area contributed by atoms with Gasteiger partial charge in [-0.2, -0.15) is 0 Å². The van der Waals surface area contributed by atoms with Crippen LogP contribution in [0.25, 0.3) is 0 Å². The first-order valence-corrected chi connectivity index (χ1v) is 3.94. The van der Waals surface area contributed by atoms with Crippen LogP contribution in [0.3, 0.4) is 0 Å². The van der Waals surface area contributed by atoms with Crippen LogP contribution in [0, 0.1) is 5.92 Å². The molecule has 11 heavy (non-hydrogen) atoms. The van der Waals surface area contributed by atoms with Crippen LogP contribution in [0.15, 0.2) is 23.8 Å². The second-order valence-corrected chi connectivity index (χ2v) is 2.86. The van der Waals surface area contributed by atoms with Gasteiger partial charge in [0.15, 0.2) is 0 Å². The summed E-state index contributed by atoms with van der Waals surface area (Å²) in [7, 11) is 0. The molecule has 0 saturated heterocycles. The Hall–Kier alpha value is -0.600. The molecule has 62 valence electrons. The number of allylic oxidation sites excluding steroid dienone is 2. The van der Waals surface area contributed by atoms with E-state index in [9.17, 15) is 0 Å². The van der Waals surface area contributed by atoms with Gasteiger partial charge in [-0.05, 0) is 24.3 Å². The fraction of sp³-hybridized carbons (Fsp3) is 0.556. The molecule has 0 aromatic carbocycles. The van der Waals surface area contributed by atoms with Gasteiger partial charge in [0, 0.05) is 6.61 Å². The minimum absolute atomic E-state index is 0.106. The average Bonchev–Trinajstić information content (AvgIpc) is 2.28. The topological polar surface area (TPSA) is 40.5 Å². The van der Waals surface area contributed by atoms with Crippen LogP contribution >= 0.6 is 0 Å². The van der Waals surface area contributed by atoms with Gasteiger partial charge in [0.1, 0.15) is 0 Å². The van der Waals surface area contributed by atoms with E-state index in [-0.39, 0.29) is 13.2 Å². The zero-order valence-corrected chi connectivity index (χ0v) is 6.53. The van der Waals surface area contributed by atoms with Crippen molar-refractivity contribution in [1.82, 2.24) is 0 Å². The van der Waals surface area contributed by atoms with E-state index >= 15 is 0 Å². The molecule has 0 aromatic rings. The molecule has 0 spiro atoms. The maximum Gasteiger partial charge on any atom is 0.0678 e. The van der Waals surface area contributed by atoms with Crippen LogP contribution in [0.5, 0.6) is 0 Å². The molecule has 0 radical (unpaired) electrons. The highest BCUT2D eigenvalue weighted by molar-refractivity contribution is 5.20. The van der Waals surface area contributed by atoms with Crippen molar-refractivity contribution in [2.24, 2.45) is 5.92 Å². The second kappa shape index (κ2) is 4.31. The fourth-order valence-corrected chi connectivity index (χ4v) is 1.16. The summed E-state index contributed by atoms with van der Waals surface area (Å²) in [5.41, 5.74) is 0.959. The van der Waals surface area contributed by atoms with Crippen molar-refractivity contribution in [2.75, 3.05) is 13.2 Å². The largest absolute Gasteiger partial charge is 0.396 e. The van der Waals surface area contributed by atoms with Crippen LogP contribution in [0.2, 0.25) is 0 Å². The minimum atomic E-state index is 0.106. The summed E-state index contributed by atoms with van der Waals surface area (Å²) in [5, 5.41) is 17.6. The van der Waals surface area contributed by atoms with Crippen LogP contribution in [-0.4, -0.2) is 23.4 Å². The minimum Gasteiger partial charge on any atom is -0.396 e. The summed E-state index contributed by atoms with van der Waals surface area (Å²) in [6.07, 6.45) is 7.71. The number of aliphatic hydroxyl groups excluding tert-OH is 2. The standard InChI is InChI=1S/C9H14O2/c10-6-8-2-1-3-9(7-11)5-4-8/h1-2,4,9-11H,3,5-7H2/t9-/m1/s1. The van der Waals surface area contributed by atoms with Crippen molar-refractivity contribution in [3.05, 3.63) is 23.8 Å². The molecule has 1 aliphatic carbocycles. The Labute approximate surface area is 66.9 Å². The van der Waals surface area contributed by atoms with Crippen molar-refractivity contribution >= 4 is 0 Å². The zero-order chi connectivity index (χ0) is 8.10. The van der Waals surface area contributed by atoms with Gasteiger partial charge in [-0.15, -0.1) is 0 Å². The molecule has 0 unspecified atom stereocenters. The van der Waals surface area contributed by atoms with E-state index in [1.54, 1.807) is 0 Å². The van der Waals surface area contributed by atoms with Crippen LogP contribution in [-0.2, 0) is 0 Å². The Bertz CT molecular complexity index is 170. The highest BCUT2D eigenvalue weighted by atomic mass is 16.3. The summed E-state index contributed by atoms with van der Waals surface area (Å²) in [6.45, 7) is 0.341. The van der Waals surface area contributed by atoms with E-state index in [0.717, 1.165) is 18.4 Å². The third-order valence-corrected chi connectivity index (χ3v) is 1.96. The smallest absolute Gasteiger partial charge is 0.0678 e. The SMILES string of the molecule is OCC1=CC[C@H](CO)CC=C1. The molecule has 1 atom stereocenters. The molecular weight excluding hydrogens is 140 g/mol. The Kier molecular flexibility index (Phi) is 3.33. The predicted molar refractivity (Wildman–Crippen MR) is 44.1 cm³/mol. The molecule has 0 fully saturated rings. The Morgan fingerprint density at radius 1 is 1.36 bits per heavy atom. The van der Waals surface area contributed by atoms with E-state index in [1.165, 1.54) is 0 Å². The maximum atomic E-state index is 8.85. The summed E-state index contributed by atoms with van der Waals surface area (Å²) in [6, 6.07) is 0. The molecule has 0 bridgehead atoms. The lowest BCUT2D eigenvalue weighted by atomic mass is 10.0. The lowest BCUT2D eigenvalue weighted by Gasteiger charge is -2.05. The highest BCUT2D eigenvalue weighted by Crippen LogP contribution is 2.15. The molecule has 1 rings (SSSR count). The first-order chi connectivity index (χ1) is 5.36. The van der Waals surface area contributed by atoms with Crippen molar-refractivity contribution in [3.63, 3.8) is 0 Å². The first kappa shape index (κ1) is 8.50. The highest BCUT2D eigenvalue weighted by Gasteiger charge is 2.06. The molecule has 0 heterocycles. The Morgan fingerprint density at radius 2 is 2.18 bits per heavy atom. The maximum absolute atomic E-state index is 8.85. The van der Waals surface area contributed by atoms with Crippen molar-refractivity contribution in [2.45, 2.75) is 12.8 Å². The quantitative estimate of drug-likeness (QED) is 0.619. The molecular formula is C9H14O2. The molecule has 2 N–H and O–H groups in total. The predicted octanol–water partition coefficient (Wildman–Crippen LogP) is 0.864. The molecule has 2 nitrogen and oxygen atoms in total. The third-order valence-electron chi connectivity index (χ3n) is 1.96. The molecule has 0 aliphatic heterocycles. The van der Waals surface area contributed by atoms with Gasteiger partial charge in [-0.1, -0.05) is 18.2 Å². The molecule has 1 aliphatic rings. The number of hydrogen-bond donors (Lipinski definition) is 2. The lowest BCUT2D eigenvalue weighted by Crippen LogP contribution is -2.02. The van der Waals surface area contributed by atoms with E-state index in [1.807, 2.05) is 18.2 Å². The first-order valence-electron chi connectivity index (χ1n) is 3.94. The summed E-state index contributed by atoms with van der Waals surface area (Å²) >= 11 is 0. The second-order valence-electron chi connectivity index (χ2n) is 2.86. The van der Waals surface area contributed by atoms with E-state index in [0.29, 0.717) is 5.92 Å². The molecule has 0 aromatic heterocycles. The fourth-order valence-electron chi connectivity index (χ4n) is 1.16. The average molecular weight is 154 g/mol. The number of hydrogen-bond acceptors (Lipinski definition) is 2. The molecule has 0 amide bonds. The molecule has 0 saturated carbocycles. The zero-order valence-electron chi connectivity index (χ0n) is 6.53. The van der Waals surface area contributed by atoms with Crippen LogP contribution in [0.1, 0.15) is 12.8 Å². The van der Waals surface area contributed by atoms with Gasteiger partial charge < -0.3 is 10.2 Å². The van der Waals surface area contributed by atoms with E-state index in [4.69, 9.17) is 10.2 Å². The van der Waals surface area contributed by atoms with Gasteiger partial charge in [0.2, 0.25) is 0 Å². The van der Waals surface area contributed by atoms with Crippen LogP contribution in [0.4, 0.5) is 0 Å². The molecule has 2 heteroatoms. The number of rotatable bonds is 2. The summed E-state index contributed by atoms with van der Waals surface area (Å²) in [4.78, 5) is 0. The monoisotopic (exact) mass is 154 g/mol. The lowest BCUT2D eigenvalue weighted by molar-refractivity contribution is 0.229. The van der Waals surface area contributed by atoms with Gasteiger partial charge in [-0.25, -0.2) is 0 Å². The number of aliphatic hydroxyl groups is 2. The van der Waals surface area contributed by atoms with Gasteiger partial charge in [-0.3, -0.25) is 0 Å². The van der Waals surface area contributed by atoms with Gasteiger partial charge in [0.05, 0.1) is 6.61 Å². The normalized spacial score (nSPS) is 24.5. The van der Waals surface area contributed by atoms with Crippen LogP contribution < -0.4 is 0 Å². The van der Waals surface area contributed by atoms with E-state index in [2.05, 4.69) is 0 Å². The Morgan fingerprint density at radius 3 is 2.82 bits per heavy atom. The van der Waals surface area contributed by atoms with Crippen molar-refractivity contribution < 1.29 is 10.2 Å². The van der Waals surface area contributed by atoms with Crippen molar-refractivity contribution in [1.29, 1.82) is 0 Å². The summed E-state index contributed by atoms with van der Waals surface area (Å²) < 4.78 is 0. The Balaban J connectivity index is 2.53.